The average molecular weight is 305 g/mol. The van der Waals surface area contributed by atoms with Gasteiger partial charge >= 0.3 is 5.97 Å². The van der Waals surface area contributed by atoms with Gasteiger partial charge in [-0.05, 0) is 25.0 Å². The molecule has 0 saturated carbocycles. The Morgan fingerprint density at radius 1 is 1.33 bits per heavy atom. The minimum atomic E-state index is -1.12. The van der Waals surface area contributed by atoms with Gasteiger partial charge in [0.15, 0.2) is 0 Å². The van der Waals surface area contributed by atoms with E-state index >= 15 is 0 Å². The van der Waals surface area contributed by atoms with E-state index in [1.807, 2.05) is 43.3 Å². The molecule has 1 heterocycles. The summed E-state index contributed by atoms with van der Waals surface area (Å²) in [5.74, 6) is 1.15. The lowest BCUT2D eigenvalue weighted by atomic mass is 9.88. The zero-order valence-corrected chi connectivity index (χ0v) is 13.0. The Hall–Kier alpha value is -1.72. The van der Waals surface area contributed by atoms with E-state index in [4.69, 9.17) is 14.9 Å². The first kappa shape index (κ1) is 15.7. The van der Waals surface area contributed by atoms with Crippen LogP contribution in [0.15, 0.2) is 52.0 Å². The van der Waals surface area contributed by atoms with Crippen LogP contribution in [-0.4, -0.2) is 18.8 Å². The van der Waals surface area contributed by atoms with Crippen molar-refractivity contribution >= 4 is 17.7 Å². The maximum absolute atomic E-state index is 12.1. The molecule has 0 radical (unpaired) electrons. The predicted octanol–water partition coefficient (Wildman–Crippen LogP) is 3.10. The van der Waals surface area contributed by atoms with Crippen molar-refractivity contribution < 1.29 is 13.9 Å². The number of carbonyl (C=O) groups is 1. The van der Waals surface area contributed by atoms with Crippen LogP contribution in [0, 0.1) is 6.92 Å². The number of hydrogen-bond donors (Lipinski definition) is 1. The summed E-state index contributed by atoms with van der Waals surface area (Å²) in [6.07, 6.45) is 2.14. The lowest BCUT2D eigenvalue weighted by Gasteiger charge is -2.26. The Morgan fingerprint density at radius 3 is 2.62 bits per heavy atom. The first-order valence-corrected chi connectivity index (χ1v) is 7.66. The summed E-state index contributed by atoms with van der Waals surface area (Å²) in [7, 11) is 1.36. The lowest BCUT2D eigenvalue weighted by Crippen LogP contribution is -2.46. The van der Waals surface area contributed by atoms with Crippen molar-refractivity contribution in [2.24, 2.45) is 5.73 Å². The van der Waals surface area contributed by atoms with Crippen molar-refractivity contribution in [2.75, 3.05) is 12.9 Å². The number of hydrogen-bond acceptors (Lipinski definition) is 5. The van der Waals surface area contributed by atoms with Gasteiger partial charge in [-0.25, -0.2) is 4.79 Å². The Kier molecular flexibility index (Phi) is 5.09. The standard InChI is InChI=1S/C16H19NO3S/c1-12-14(8-10-20-12)21-11-9-16(17,15(18)19-2)13-6-4-3-5-7-13/h3-8,10H,9,11,17H2,1-2H3. The number of nitrogens with two attached hydrogens (primary N) is 1. The highest BCUT2D eigenvalue weighted by molar-refractivity contribution is 7.99. The molecule has 0 saturated heterocycles. The zero-order chi connectivity index (χ0) is 15.3. The molecule has 2 rings (SSSR count). The Morgan fingerprint density at radius 2 is 2.05 bits per heavy atom. The molecule has 0 spiro atoms. The smallest absolute Gasteiger partial charge is 0.330 e. The van der Waals surface area contributed by atoms with Crippen LogP contribution in [0.4, 0.5) is 0 Å². The van der Waals surface area contributed by atoms with Crippen molar-refractivity contribution in [3.05, 3.63) is 54.0 Å². The van der Waals surface area contributed by atoms with Gasteiger partial charge in [0.1, 0.15) is 11.3 Å². The summed E-state index contributed by atoms with van der Waals surface area (Å²) in [6, 6.07) is 11.2. The molecule has 0 fully saturated rings. The van der Waals surface area contributed by atoms with Gasteiger partial charge in [-0.1, -0.05) is 30.3 Å². The maximum atomic E-state index is 12.1. The van der Waals surface area contributed by atoms with Gasteiger partial charge in [-0.2, -0.15) is 0 Å². The summed E-state index contributed by atoms with van der Waals surface area (Å²) in [6.45, 7) is 1.91. The molecule has 1 aromatic heterocycles. The Balaban J connectivity index is 2.10. The fourth-order valence-corrected chi connectivity index (χ4v) is 3.17. The summed E-state index contributed by atoms with van der Waals surface area (Å²) >= 11 is 1.62. The largest absolute Gasteiger partial charge is 0.468 e. The highest BCUT2D eigenvalue weighted by Gasteiger charge is 2.36. The molecule has 0 aliphatic carbocycles. The third-order valence-electron chi connectivity index (χ3n) is 3.40. The van der Waals surface area contributed by atoms with Crippen LogP contribution < -0.4 is 5.73 Å². The summed E-state index contributed by atoms with van der Waals surface area (Å²) < 4.78 is 10.1. The monoisotopic (exact) mass is 305 g/mol. The van der Waals surface area contributed by atoms with E-state index in [0.29, 0.717) is 12.2 Å². The molecular formula is C16H19NO3S. The lowest BCUT2D eigenvalue weighted by molar-refractivity contribution is -0.147. The van der Waals surface area contributed by atoms with E-state index in [-0.39, 0.29) is 0 Å². The Labute approximate surface area is 128 Å². The maximum Gasteiger partial charge on any atom is 0.330 e. The number of esters is 1. The second kappa shape index (κ2) is 6.83. The topological polar surface area (TPSA) is 65.5 Å². The quantitative estimate of drug-likeness (QED) is 0.656. The number of thioether (sulfide) groups is 1. The zero-order valence-electron chi connectivity index (χ0n) is 12.2. The van der Waals surface area contributed by atoms with Crippen molar-refractivity contribution in [1.29, 1.82) is 0 Å². The first-order valence-electron chi connectivity index (χ1n) is 6.67. The molecule has 0 bridgehead atoms. The van der Waals surface area contributed by atoms with Crippen LogP contribution in [0.3, 0.4) is 0 Å². The predicted molar refractivity (Wildman–Crippen MR) is 83.1 cm³/mol. The van der Waals surface area contributed by atoms with Gasteiger partial charge in [0.05, 0.1) is 13.4 Å². The third kappa shape index (κ3) is 3.49. The summed E-state index contributed by atoms with van der Waals surface area (Å²) in [5, 5.41) is 0. The second-order valence-corrected chi connectivity index (χ2v) is 5.91. The summed E-state index contributed by atoms with van der Waals surface area (Å²) in [5.41, 5.74) is 5.98. The molecule has 0 aliphatic rings. The molecule has 1 atom stereocenters. The van der Waals surface area contributed by atoms with Gasteiger partial charge in [0, 0.05) is 10.6 Å². The van der Waals surface area contributed by atoms with Crippen LogP contribution in [0.25, 0.3) is 0 Å². The summed E-state index contributed by atoms with van der Waals surface area (Å²) in [4.78, 5) is 13.2. The molecule has 0 aliphatic heterocycles. The van der Waals surface area contributed by atoms with Crippen molar-refractivity contribution in [1.82, 2.24) is 0 Å². The first-order chi connectivity index (χ1) is 10.1. The van der Waals surface area contributed by atoms with E-state index in [1.165, 1.54) is 7.11 Å². The van der Waals surface area contributed by atoms with Crippen LogP contribution in [0.1, 0.15) is 17.7 Å². The van der Waals surface area contributed by atoms with Gasteiger partial charge in [-0.3, -0.25) is 0 Å². The highest BCUT2D eigenvalue weighted by Crippen LogP contribution is 2.29. The Bertz CT molecular complexity index is 597. The number of furan rings is 1. The number of benzene rings is 1. The molecule has 1 unspecified atom stereocenters. The van der Waals surface area contributed by atoms with Crippen LogP contribution in [0.5, 0.6) is 0 Å². The number of methoxy groups -OCH3 is 1. The van der Waals surface area contributed by atoms with Crippen molar-refractivity contribution in [3.63, 3.8) is 0 Å². The minimum absolute atomic E-state index is 0.418. The van der Waals surface area contributed by atoms with E-state index < -0.39 is 11.5 Å². The molecule has 2 aromatic rings. The fraction of sp³-hybridized carbons (Fsp3) is 0.312. The van der Waals surface area contributed by atoms with Crippen LogP contribution in [0.2, 0.25) is 0 Å². The van der Waals surface area contributed by atoms with E-state index in [9.17, 15) is 4.79 Å². The van der Waals surface area contributed by atoms with Crippen molar-refractivity contribution in [3.8, 4) is 0 Å². The fourth-order valence-electron chi connectivity index (χ4n) is 2.13. The van der Waals surface area contributed by atoms with E-state index in [1.54, 1.807) is 18.0 Å². The molecule has 0 amide bonds. The van der Waals surface area contributed by atoms with Gasteiger partial charge in [0.2, 0.25) is 0 Å². The van der Waals surface area contributed by atoms with Gasteiger partial charge < -0.3 is 14.9 Å². The molecule has 5 heteroatoms. The normalized spacial score (nSPS) is 13.7. The van der Waals surface area contributed by atoms with Crippen LogP contribution in [-0.2, 0) is 15.1 Å². The molecule has 21 heavy (non-hydrogen) atoms. The number of carbonyl (C=O) groups excluding carboxylic acids is 1. The molecule has 1 aromatic carbocycles. The number of aryl methyl sites for hydroxylation is 1. The average Bonchev–Trinajstić information content (AvgIpc) is 2.92. The van der Waals surface area contributed by atoms with E-state index in [0.717, 1.165) is 16.2 Å². The third-order valence-corrected chi connectivity index (χ3v) is 4.55. The molecule has 2 N–H and O–H groups in total. The van der Waals surface area contributed by atoms with Crippen LogP contribution >= 0.6 is 11.8 Å². The molecular weight excluding hydrogens is 286 g/mol. The second-order valence-electron chi connectivity index (χ2n) is 4.77. The molecule has 4 nitrogen and oxygen atoms in total. The number of ether oxygens (including phenoxy) is 1. The highest BCUT2D eigenvalue weighted by atomic mass is 32.2. The van der Waals surface area contributed by atoms with Crippen molar-refractivity contribution in [2.45, 2.75) is 23.8 Å². The van der Waals surface area contributed by atoms with Gasteiger partial charge in [0.25, 0.3) is 0 Å². The minimum Gasteiger partial charge on any atom is -0.468 e. The number of rotatable bonds is 6. The SMILES string of the molecule is COC(=O)C(N)(CCSc1ccoc1C)c1ccccc1. The van der Waals surface area contributed by atoms with Gasteiger partial charge in [-0.15, -0.1) is 11.8 Å². The van der Waals surface area contributed by atoms with E-state index in [2.05, 4.69) is 0 Å². The molecule has 112 valence electrons.